The van der Waals surface area contributed by atoms with E-state index in [0.717, 1.165) is 124 Å². The molecule has 0 amide bonds. The summed E-state index contributed by atoms with van der Waals surface area (Å²) in [5.41, 5.74) is 8.45. The van der Waals surface area contributed by atoms with Crippen LogP contribution in [0.25, 0.3) is 0 Å². The topological polar surface area (TPSA) is 83.0 Å². The van der Waals surface area contributed by atoms with Gasteiger partial charge >= 0.3 is 0 Å². The summed E-state index contributed by atoms with van der Waals surface area (Å²) in [6.07, 6.45) is 0. The molecule has 4 aromatic rings. The highest BCUT2D eigenvalue weighted by Gasteiger charge is 2.18. The van der Waals surface area contributed by atoms with Crippen LogP contribution in [0.3, 0.4) is 0 Å². The predicted octanol–water partition coefficient (Wildman–Crippen LogP) is 3.65. The maximum absolute atomic E-state index is 6.29. The zero-order valence-corrected chi connectivity index (χ0v) is 26.6. The summed E-state index contributed by atoms with van der Waals surface area (Å²) in [6.45, 7) is 11.6. The number of hydrogen-bond donors (Lipinski definition) is 0. The van der Waals surface area contributed by atoms with Gasteiger partial charge in [-0.05, 0) is 48.5 Å². The Labute approximate surface area is 272 Å². The van der Waals surface area contributed by atoms with Gasteiger partial charge in [0, 0.05) is 78.5 Å². The minimum Gasteiger partial charge on any atom is -0.379 e. The molecule has 0 saturated carbocycles. The second-order valence-electron chi connectivity index (χ2n) is 12.5. The predicted molar refractivity (Wildman–Crippen MR) is 175 cm³/mol. The summed E-state index contributed by atoms with van der Waals surface area (Å²) in [6, 6.07) is 25.6. The van der Waals surface area contributed by atoms with E-state index < -0.39 is 0 Å². The molecule has 0 atom stereocenters. The number of ether oxygens (including phenoxy) is 2. The molecule has 10 nitrogen and oxygen atoms in total. The van der Waals surface area contributed by atoms with E-state index in [1.807, 2.05) is 0 Å². The van der Waals surface area contributed by atoms with Gasteiger partial charge < -0.3 is 9.47 Å². The monoisotopic (exact) mass is 620 g/mol. The van der Waals surface area contributed by atoms with Crippen LogP contribution >= 0.6 is 0 Å². The van der Waals surface area contributed by atoms with Gasteiger partial charge in [-0.2, -0.15) is 0 Å². The van der Waals surface area contributed by atoms with Crippen LogP contribution in [0.2, 0.25) is 0 Å². The molecule has 0 aromatic carbocycles. The summed E-state index contributed by atoms with van der Waals surface area (Å²) in [4.78, 5) is 30.2. The average molecular weight is 621 g/mol. The van der Waals surface area contributed by atoms with Crippen molar-refractivity contribution in [3.63, 3.8) is 0 Å². The van der Waals surface area contributed by atoms with Crippen LogP contribution < -0.4 is 0 Å². The van der Waals surface area contributed by atoms with Crippen LogP contribution in [0, 0.1) is 0 Å². The lowest BCUT2D eigenvalue weighted by Crippen LogP contribution is -2.33. The molecular formula is C36H44N8O2. The Bertz CT molecular complexity index is 1270. The second kappa shape index (κ2) is 15.3. The highest BCUT2D eigenvalue weighted by Crippen LogP contribution is 2.16. The van der Waals surface area contributed by atoms with Crippen molar-refractivity contribution in [2.24, 2.45) is 0 Å². The lowest BCUT2D eigenvalue weighted by atomic mass is 10.2. The quantitative estimate of drug-likeness (QED) is 0.291. The molecule has 46 heavy (non-hydrogen) atoms. The van der Waals surface area contributed by atoms with Crippen molar-refractivity contribution in [3.05, 3.63) is 118 Å². The molecular weight excluding hydrogens is 576 g/mol. The largest absolute Gasteiger partial charge is 0.379 e. The van der Waals surface area contributed by atoms with Gasteiger partial charge in [0.25, 0.3) is 0 Å². The van der Waals surface area contributed by atoms with E-state index >= 15 is 0 Å². The Morgan fingerprint density at radius 1 is 0.326 bits per heavy atom. The normalized spacial score (nSPS) is 24.7. The smallest absolute Gasteiger partial charge is 0.0594 e. The summed E-state index contributed by atoms with van der Waals surface area (Å²) in [7, 11) is 0. The fraction of sp³-hybridized carbons (Fsp3) is 0.444. The van der Waals surface area contributed by atoms with Gasteiger partial charge in [-0.1, -0.05) is 24.3 Å². The fourth-order valence-corrected chi connectivity index (χ4v) is 6.49. The maximum Gasteiger partial charge on any atom is 0.0594 e. The van der Waals surface area contributed by atoms with Gasteiger partial charge in [-0.25, -0.2) is 0 Å². The van der Waals surface area contributed by atoms with Crippen LogP contribution in [-0.2, 0) is 61.8 Å². The van der Waals surface area contributed by atoms with Crippen molar-refractivity contribution in [1.82, 2.24) is 39.5 Å². The summed E-state index contributed by atoms with van der Waals surface area (Å²) in [5, 5.41) is 0. The molecule has 4 aliphatic rings. The Kier molecular flexibility index (Phi) is 10.3. The molecule has 0 N–H and O–H groups in total. The molecule has 8 rings (SSSR count). The van der Waals surface area contributed by atoms with Crippen molar-refractivity contribution in [2.75, 3.05) is 52.6 Å². The standard InChI is InChI=1S/C36H44N8O2/c1-5-29-21-41-13-17-45-20-16-44-26-34-10-3-8-32(39-34)24-42(22-30(6-1)37-29)14-18-46-19-15-43(25-33-9-2-7-31(23-41)38-33)27-35-11-4-12-36(28-44)40-35/h1-12H,13-28H2. The van der Waals surface area contributed by atoms with Gasteiger partial charge in [-0.15, -0.1) is 0 Å². The zero-order valence-electron chi connectivity index (χ0n) is 26.6. The van der Waals surface area contributed by atoms with Gasteiger partial charge in [0.05, 0.1) is 72.0 Å². The SMILES string of the molecule is c1cc2nc(c1)CN1CCOCCN3Cc4cccc(n4)CN(CCOCCN(Cc4cccc(n4)C1)Cc1cccc(n1)C3)C2. The molecule has 0 fully saturated rings. The number of aromatic nitrogens is 4. The van der Waals surface area contributed by atoms with Crippen LogP contribution in [0.15, 0.2) is 72.8 Å². The first kappa shape index (κ1) is 31.0. The van der Waals surface area contributed by atoms with E-state index in [1.165, 1.54) is 0 Å². The average Bonchev–Trinajstić information content (AvgIpc) is 3.04. The van der Waals surface area contributed by atoms with Crippen molar-refractivity contribution >= 4 is 0 Å². The van der Waals surface area contributed by atoms with E-state index in [0.29, 0.717) is 26.4 Å². The van der Waals surface area contributed by atoms with Crippen LogP contribution in [0.1, 0.15) is 45.6 Å². The van der Waals surface area contributed by atoms with Gasteiger partial charge in [0.15, 0.2) is 0 Å². The molecule has 4 aliphatic heterocycles. The van der Waals surface area contributed by atoms with Gasteiger partial charge in [-0.3, -0.25) is 39.5 Å². The third kappa shape index (κ3) is 8.79. The Morgan fingerprint density at radius 3 is 0.717 bits per heavy atom. The van der Waals surface area contributed by atoms with Gasteiger partial charge in [0.1, 0.15) is 0 Å². The molecule has 0 aliphatic carbocycles. The minimum absolute atomic E-state index is 0.635. The van der Waals surface area contributed by atoms with Crippen molar-refractivity contribution in [3.8, 4) is 0 Å². The Hall–Kier alpha value is -3.64. The molecule has 8 heterocycles. The van der Waals surface area contributed by atoms with Crippen LogP contribution in [0.4, 0.5) is 0 Å². The van der Waals surface area contributed by atoms with E-state index in [4.69, 9.17) is 29.4 Å². The van der Waals surface area contributed by atoms with E-state index in [9.17, 15) is 0 Å². The number of pyridine rings is 4. The summed E-state index contributed by atoms with van der Waals surface area (Å²) >= 11 is 0. The lowest BCUT2D eigenvalue weighted by molar-refractivity contribution is 0.0715. The number of fused-ring (bicyclic) bond motifs is 8. The summed E-state index contributed by atoms with van der Waals surface area (Å²) in [5.74, 6) is 0. The highest BCUT2D eigenvalue weighted by molar-refractivity contribution is 5.16. The third-order valence-electron chi connectivity index (χ3n) is 8.75. The number of hydrogen-bond acceptors (Lipinski definition) is 10. The van der Waals surface area contributed by atoms with E-state index in [1.54, 1.807) is 0 Å². The number of rotatable bonds is 0. The van der Waals surface area contributed by atoms with Gasteiger partial charge in [0.2, 0.25) is 0 Å². The van der Waals surface area contributed by atoms with E-state index in [2.05, 4.69) is 92.4 Å². The zero-order chi connectivity index (χ0) is 31.0. The molecule has 12 bridgehead atoms. The number of nitrogens with zero attached hydrogens (tertiary/aromatic N) is 8. The summed E-state index contributed by atoms with van der Waals surface area (Å²) < 4.78 is 12.6. The molecule has 10 heteroatoms. The maximum atomic E-state index is 6.29. The third-order valence-corrected chi connectivity index (χ3v) is 8.75. The minimum atomic E-state index is 0.635. The molecule has 0 saturated heterocycles. The van der Waals surface area contributed by atoms with Crippen LogP contribution in [0.5, 0.6) is 0 Å². The fourth-order valence-electron chi connectivity index (χ4n) is 6.49. The first-order chi connectivity index (χ1) is 22.7. The first-order valence-electron chi connectivity index (χ1n) is 16.5. The Balaban J connectivity index is 1.31. The molecule has 240 valence electrons. The highest BCUT2D eigenvalue weighted by atomic mass is 16.5. The van der Waals surface area contributed by atoms with E-state index in [-0.39, 0.29) is 0 Å². The van der Waals surface area contributed by atoms with Crippen molar-refractivity contribution in [1.29, 1.82) is 0 Å². The molecule has 0 spiro atoms. The molecule has 0 unspecified atom stereocenters. The van der Waals surface area contributed by atoms with Crippen molar-refractivity contribution < 1.29 is 9.47 Å². The van der Waals surface area contributed by atoms with Crippen molar-refractivity contribution in [2.45, 2.75) is 52.4 Å². The second-order valence-corrected chi connectivity index (χ2v) is 12.5. The Morgan fingerprint density at radius 2 is 0.522 bits per heavy atom. The van der Waals surface area contributed by atoms with Crippen LogP contribution in [-0.4, -0.2) is 92.1 Å². The lowest BCUT2D eigenvalue weighted by Gasteiger charge is -2.27. The first-order valence-corrected chi connectivity index (χ1v) is 16.5. The molecule has 4 aromatic heterocycles. The molecule has 0 radical (unpaired) electrons.